The third kappa shape index (κ3) is 24.4. The van der Waals surface area contributed by atoms with Crippen molar-refractivity contribution in [1.29, 1.82) is 0 Å². The lowest BCUT2D eigenvalue weighted by atomic mass is 10.2. The van der Waals surface area contributed by atoms with Gasteiger partial charge in [-0.25, -0.2) is 9.59 Å². The Morgan fingerprint density at radius 1 is 0.625 bits per heavy atom. The van der Waals surface area contributed by atoms with E-state index in [0.717, 1.165) is 23.0 Å². The molecule has 0 spiro atoms. The lowest BCUT2D eigenvalue weighted by Gasteiger charge is -2.07. The molecule has 190 valence electrons. The Kier molecular flexibility index (Phi) is 19.1. The summed E-state index contributed by atoms with van der Waals surface area (Å²) < 4.78 is 63.5. The van der Waals surface area contributed by atoms with Crippen molar-refractivity contribution < 1.29 is 65.9 Å². The standard InChI is InChI=1S/C10H20N2O4S2.2C2HF3O2/c11-7(9(13)14)1-3-17-5-6-18-4-2-8(12)10(15)16;2*3-2(4,5)1(6)7/h7-8H,1-6,11-12H2,(H,13,14)(H,15,16);2*(H,6,7)/t7-,8-;;/m0../s1. The molecule has 0 saturated heterocycles. The molecule has 0 saturated carbocycles. The molecule has 0 aliphatic rings. The third-order valence-electron chi connectivity index (χ3n) is 2.64. The van der Waals surface area contributed by atoms with Crippen molar-refractivity contribution in [3.63, 3.8) is 0 Å². The second kappa shape index (κ2) is 17.6. The van der Waals surface area contributed by atoms with Crippen LogP contribution in [0.1, 0.15) is 12.8 Å². The topological polar surface area (TPSA) is 201 Å². The maximum absolute atomic E-state index is 10.6. The molecule has 0 radical (unpaired) electrons. The molecule has 0 fully saturated rings. The Hall–Kier alpha value is -1.92. The summed E-state index contributed by atoms with van der Waals surface area (Å²) in [6.45, 7) is 0. The molecule has 0 aromatic carbocycles. The monoisotopic (exact) mass is 524 g/mol. The molecule has 2 atom stereocenters. The zero-order valence-corrected chi connectivity index (χ0v) is 17.7. The second-order valence-corrected chi connectivity index (χ2v) is 7.75. The van der Waals surface area contributed by atoms with Crippen LogP contribution in [0.15, 0.2) is 0 Å². The number of rotatable bonds is 11. The lowest BCUT2D eigenvalue weighted by Crippen LogP contribution is -2.30. The van der Waals surface area contributed by atoms with E-state index in [1.165, 1.54) is 0 Å². The van der Waals surface area contributed by atoms with Gasteiger partial charge in [0, 0.05) is 11.5 Å². The van der Waals surface area contributed by atoms with Gasteiger partial charge in [0.15, 0.2) is 0 Å². The number of halogens is 6. The highest BCUT2D eigenvalue weighted by atomic mass is 32.2. The summed E-state index contributed by atoms with van der Waals surface area (Å²) in [7, 11) is 0. The smallest absolute Gasteiger partial charge is 0.480 e. The van der Waals surface area contributed by atoms with E-state index in [9.17, 15) is 35.9 Å². The zero-order valence-electron chi connectivity index (χ0n) is 16.1. The van der Waals surface area contributed by atoms with E-state index >= 15 is 0 Å². The SMILES string of the molecule is N[C@@H](CCSCCSCC[C@H](N)C(=O)O)C(=O)O.O=C(O)C(F)(F)F.O=C(O)C(F)(F)F. The van der Waals surface area contributed by atoms with Gasteiger partial charge in [-0.2, -0.15) is 49.9 Å². The molecule has 0 unspecified atom stereocenters. The molecule has 0 heterocycles. The van der Waals surface area contributed by atoms with Crippen LogP contribution < -0.4 is 11.5 Å². The lowest BCUT2D eigenvalue weighted by molar-refractivity contribution is -0.193. The second-order valence-electron chi connectivity index (χ2n) is 5.30. The first-order valence-corrected chi connectivity index (χ1v) is 10.4. The average Bonchev–Trinajstić information content (AvgIpc) is 2.62. The third-order valence-corrected chi connectivity index (χ3v) is 4.93. The predicted molar refractivity (Wildman–Crippen MR) is 102 cm³/mol. The van der Waals surface area contributed by atoms with Gasteiger partial charge in [-0.05, 0) is 24.3 Å². The number of aliphatic carboxylic acids is 4. The van der Waals surface area contributed by atoms with Crippen LogP contribution >= 0.6 is 23.5 Å². The minimum Gasteiger partial charge on any atom is -0.480 e. The van der Waals surface area contributed by atoms with E-state index < -0.39 is 48.3 Å². The van der Waals surface area contributed by atoms with Crippen molar-refractivity contribution in [2.75, 3.05) is 23.0 Å². The Morgan fingerprint density at radius 3 is 1.00 bits per heavy atom. The summed E-state index contributed by atoms with van der Waals surface area (Å²) in [5.41, 5.74) is 10.7. The number of carboxylic acid groups (broad SMARTS) is 4. The molecular formula is C14H22F6N2O8S2. The first-order valence-electron chi connectivity index (χ1n) is 8.06. The summed E-state index contributed by atoms with van der Waals surface area (Å²) >= 11 is 3.30. The number of nitrogens with two attached hydrogens (primary N) is 2. The summed E-state index contributed by atoms with van der Waals surface area (Å²) in [4.78, 5) is 38.6. The summed E-state index contributed by atoms with van der Waals surface area (Å²) in [5, 5.41) is 31.4. The van der Waals surface area contributed by atoms with E-state index in [0.29, 0.717) is 12.8 Å². The average molecular weight is 524 g/mol. The van der Waals surface area contributed by atoms with Crippen LogP contribution in [0.3, 0.4) is 0 Å². The Morgan fingerprint density at radius 2 is 0.844 bits per heavy atom. The van der Waals surface area contributed by atoms with Crippen LogP contribution in [0.4, 0.5) is 26.3 Å². The molecule has 0 aliphatic carbocycles. The normalized spacial score (nSPS) is 12.9. The van der Waals surface area contributed by atoms with Gasteiger partial charge < -0.3 is 31.9 Å². The highest BCUT2D eigenvalue weighted by Crippen LogP contribution is 2.14. The van der Waals surface area contributed by atoms with E-state index in [-0.39, 0.29) is 0 Å². The molecule has 0 amide bonds. The molecule has 8 N–H and O–H groups in total. The van der Waals surface area contributed by atoms with Gasteiger partial charge in [0.2, 0.25) is 0 Å². The largest absolute Gasteiger partial charge is 0.490 e. The van der Waals surface area contributed by atoms with Crippen molar-refractivity contribution in [2.45, 2.75) is 37.3 Å². The van der Waals surface area contributed by atoms with Gasteiger partial charge in [-0.15, -0.1) is 0 Å². The maximum atomic E-state index is 10.6. The fourth-order valence-electron chi connectivity index (χ4n) is 0.990. The predicted octanol–water partition coefficient (Wildman–Crippen LogP) is 1.32. The van der Waals surface area contributed by atoms with Gasteiger partial charge in [0.1, 0.15) is 12.1 Å². The van der Waals surface area contributed by atoms with Crippen LogP contribution in [0, 0.1) is 0 Å². The number of alkyl halides is 6. The molecule has 32 heavy (non-hydrogen) atoms. The van der Waals surface area contributed by atoms with Crippen molar-refractivity contribution in [2.24, 2.45) is 11.5 Å². The molecule has 10 nitrogen and oxygen atoms in total. The molecular weight excluding hydrogens is 502 g/mol. The van der Waals surface area contributed by atoms with Crippen molar-refractivity contribution in [3.8, 4) is 0 Å². The summed E-state index contributed by atoms with van der Waals surface area (Å²) in [6.07, 6.45) is -9.23. The van der Waals surface area contributed by atoms with E-state index in [4.69, 9.17) is 41.5 Å². The first-order chi connectivity index (χ1) is 14.3. The minimum atomic E-state index is -5.08. The fourth-order valence-corrected chi connectivity index (χ4v) is 3.18. The molecule has 0 aromatic heterocycles. The van der Waals surface area contributed by atoms with Gasteiger partial charge in [0.05, 0.1) is 0 Å². The van der Waals surface area contributed by atoms with Gasteiger partial charge in [-0.1, -0.05) is 0 Å². The quantitative estimate of drug-likeness (QED) is 0.167. The molecule has 0 aromatic rings. The van der Waals surface area contributed by atoms with Crippen LogP contribution in [0.5, 0.6) is 0 Å². The Bertz CT molecular complexity index is 543. The maximum Gasteiger partial charge on any atom is 0.490 e. The van der Waals surface area contributed by atoms with E-state index in [1.807, 2.05) is 0 Å². The summed E-state index contributed by atoms with van der Waals surface area (Å²) in [5.74, 6) is -4.19. The van der Waals surface area contributed by atoms with Crippen LogP contribution in [-0.4, -0.2) is 91.8 Å². The number of hydrogen-bond acceptors (Lipinski definition) is 8. The van der Waals surface area contributed by atoms with Crippen molar-refractivity contribution in [3.05, 3.63) is 0 Å². The van der Waals surface area contributed by atoms with Crippen LogP contribution in [0.25, 0.3) is 0 Å². The first kappa shape index (κ1) is 34.7. The van der Waals surface area contributed by atoms with E-state index in [2.05, 4.69) is 0 Å². The van der Waals surface area contributed by atoms with Crippen molar-refractivity contribution >= 4 is 47.4 Å². The van der Waals surface area contributed by atoms with Crippen LogP contribution in [0.2, 0.25) is 0 Å². The molecule has 0 rings (SSSR count). The van der Waals surface area contributed by atoms with Gasteiger partial charge in [0.25, 0.3) is 0 Å². The Balaban J connectivity index is -0.000000491. The highest BCUT2D eigenvalue weighted by molar-refractivity contribution is 8.02. The van der Waals surface area contributed by atoms with E-state index in [1.54, 1.807) is 23.5 Å². The Labute approximate surface area is 185 Å². The zero-order chi connectivity index (χ0) is 26.1. The molecule has 18 heteroatoms. The van der Waals surface area contributed by atoms with Crippen molar-refractivity contribution in [1.82, 2.24) is 0 Å². The highest BCUT2D eigenvalue weighted by Gasteiger charge is 2.38. The van der Waals surface area contributed by atoms with Gasteiger partial charge >= 0.3 is 36.2 Å². The van der Waals surface area contributed by atoms with Crippen LogP contribution in [-0.2, 0) is 19.2 Å². The number of carboxylic acids is 4. The summed E-state index contributed by atoms with van der Waals surface area (Å²) in [6, 6.07) is -1.56. The fraction of sp³-hybridized carbons (Fsp3) is 0.714. The number of carbonyl (C=O) groups is 4. The van der Waals surface area contributed by atoms with Gasteiger partial charge in [-0.3, -0.25) is 9.59 Å². The molecule has 0 bridgehead atoms. The number of thioether (sulfide) groups is 2. The number of hydrogen-bond donors (Lipinski definition) is 6. The molecule has 0 aliphatic heterocycles. The minimum absolute atomic E-state index is 0.467.